The maximum absolute atomic E-state index is 6.34. The number of nitrogens with two attached hydrogens (primary N) is 1. The molecule has 0 radical (unpaired) electrons. The number of benzene rings is 2. The fourth-order valence-electron chi connectivity index (χ4n) is 3.86. The van der Waals surface area contributed by atoms with Crippen molar-refractivity contribution in [2.24, 2.45) is 5.73 Å². The molecule has 0 amide bonds. The van der Waals surface area contributed by atoms with Gasteiger partial charge in [-0.15, -0.1) is 0 Å². The Morgan fingerprint density at radius 3 is 2.62 bits per heavy atom. The number of aromatic amines is 1. The molecule has 1 atom stereocenters. The molecule has 0 aliphatic heterocycles. The second-order valence-electron chi connectivity index (χ2n) is 8.01. The number of pyridine rings is 1. The number of aromatic nitrogens is 4. The summed E-state index contributed by atoms with van der Waals surface area (Å²) in [4.78, 5) is 4.36. The van der Waals surface area contributed by atoms with Crippen molar-refractivity contribution in [3.63, 3.8) is 0 Å². The van der Waals surface area contributed by atoms with E-state index in [1.807, 2.05) is 49.8 Å². The van der Waals surface area contributed by atoms with E-state index >= 15 is 0 Å². The van der Waals surface area contributed by atoms with Crippen molar-refractivity contribution in [2.45, 2.75) is 19.4 Å². The highest BCUT2D eigenvalue weighted by atomic mass is 16.5. The van der Waals surface area contributed by atoms with Crippen molar-refractivity contribution in [1.29, 1.82) is 0 Å². The van der Waals surface area contributed by atoms with Crippen molar-refractivity contribution in [3.05, 3.63) is 96.7 Å². The summed E-state index contributed by atoms with van der Waals surface area (Å²) in [5, 5.41) is 8.41. The van der Waals surface area contributed by atoms with E-state index in [-0.39, 0.29) is 6.04 Å². The van der Waals surface area contributed by atoms with Gasteiger partial charge in [0.1, 0.15) is 12.4 Å². The minimum atomic E-state index is -0.110. The number of hydrogen-bond donors (Lipinski definition) is 2. The number of nitrogens with zero attached hydrogens (tertiary/aromatic N) is 3. The molecule has 160 valence electrons. The third-order valence-electron chi connectivity index (χ3n) is 5.60. The summed E-state index contributed by atoms with van der Waals surface area (Å²) >= 11 is 0. The molecule has 0 unspecified atom stereocenters. The second kappa shape index (κ2) is 8.69. The Hall–Kier alpha value is -3.90. The van der Waals surface area contributed by atoms with Crippen LogP contribution in [0.2, 0.25) is 0 Å². The van der Waals surface area contributed by atoms with E-state index in [1.165, 1.54) is 5.56 Å². The van der Waals surface area contributed by atoms with E-state index in [0.717, 1.165) is 39.8 Å². The molecule has 0 fully saturated rings. The normalized spacial score (nSPS) is 12.2. The summed E-state index contributed by atoms with van der Waals surface area (Å²) in [6.07, 6.45) is 8.38. The van der Waals surface area contributed by atoms with E-state index < -0.39 is 0 Å². The number of aryl methyl sites for hydroxylation is 1. The number of nitrogens with one attached hydrogen (secondary N) is 1. The molecule has 3 aromatic heterocycles. The average molecular weight is 424 g/mol. The lowest BCUT2D eigenvalue weighted by atomic mass is 10.0. The number of ether oxygens (including phenoxy) is 1. The van der Waals surface area contributed by atoms with Crippen molar-refractivity contribution in [3.8, 4) is 22.6 Å². The predicted molar refractivity (Wildman–Crippen MR) is 127 cm³/mol. The summed E-state index contributed by atoms with van der Waals surface area (Å²) in [5.41, 5.74) is 12.7. The van der Waals surface area contributed by atoms with Crippen molar-refractivity contribution in [1.82, 2.24) is 19.7 Å². The summed E-state index contributed by atoms with van der Waals surface area (Å²) < 4.78 is 8.05. The molecule has 0 aliphatic carbocycles. The molecule has 3 N–H and O–H groups in total. The predicted octanol–water partition coefficient (Wildman–Crippen LogP) is 4.67. The summed E-state index contributed by atoms with van der Waals surface area (Å²) in [6, 6.07) is 20.6. The van der Waals surface area contributed by atoms with Crippen LogP contribution in [0.15, 0.2) is 85.5 Å². The molecular weight excluding hydrogens is 398 g/mol. The zero-order valence-electron chi connectivity index (χ0n) is 17.9. The molecule has 6 nitrogen and oxygen atoms in total. The molecule has 0 saturated carbocycles. The van der Waals surface area contributed by atoms with Crippen LogP contribution in [0.25, 0.3) is 27.7 Å². The van der Waals surface area contributed by atoms with Gasteiger partial charge in [-0.25, -0.2) is 0 Å². The molecule has 3 heterocycles. The number of H-pyrrole nitrogens is 1. The van der Waals surface area contributed by atoms with Gasteiger partial charge >= 0.3 is 0 Å². The zero-order chi connectivity index (χ0) is 21.9. The molecule has 32 heavy (non-hydrogen) atoms. The first-order valence-electron chi connectivity index (χ1n) is 10.7. The molecule has 5 rings (SSSR count). The average Bonchev–Trinajstić information content (AvgIpc) is 3.49. The van der Waals surface area contributed by atoms with Crippen LogP contribution in [0.1, 0.15) is 11.3 Å². The van der Waals surface area contributed by atoms with Gasteiger partial charge in [0.15, 0.2) is 0 Å². The van der Waals surface area contributed by atoms with Gasteiger partial charge in [0.05, 0.1) is 17.4 Å². The van der Waals surface area contributed by atoms with E-state index in [0.29, 0.717) is 12.4 Å². The van der Waals surface area contributed by atoms with Gasteiger partial charge < -0.3 is 15.0 Å². The monoisotopic (exact) mass is 423 g/mol. The largest absolute Gasteiger partial charge is 0.490 e. The van der Waals surface area contributed by atoms with Crippen LogP contribution in [0.3, 0.4) is 0 Å². The minimum absolute atomic E-state index is 0.110. The lowest BCUT2D eigenvalue weighted by Gasteiger charge is -2.14. The van der Waals surface area contributed by atoms with E-state index in [2.05, 4.69) is 56.1 Å². The van der Waals surface area contributed by atoms with Gasteiger partial charge in [-0.2, -0.15) is 5.10 Å². The first-order valence-corrected chi connectivity index (χ1v) is 10.7. The summed E-state index contributed by atoms with van der Waals surface area (Å²) in [5.74, 6) is 0.713. The molecule has 2 aromatic carbocycles. The van der Waals surface area contributed by atoms with Crippen LogP contribution in [-0.2, 0) is 6.42 Å². The third kappa shape index (κ3) is 4.26. The van der Waals surface area contributed by atoms with Crippen LogP contribution < -0.4 is 10.5 Å². The highest BCUT2D eigenvalue weighted by Crippen LogP contribution is 2.27. The highest BCUT2D eigenvalue weighted by molar-refractivity contribution is 5.86. The molecule has 0 aliphatic rings. The van der Waals surface area contributed by atoms with Gasteiger partial charge in [0.25, 0.3) is 0 Å². The third-order valence-corrected chi connectivity index (χ3v) is 5.60. The topological polar surface area (TPSA) is 81.8 Å². The van der Waals surface area contributed by atoms with Crippen molar-refractivity contribution < 1.29 is 4.74 Å². The maximum atomic E-state index is 6.34. The molecule has 0 saturated heterocycles. The zero-order valence-corrected chi connectivity index (χ0v) is 17.9. The lowest BCUT2D eigenvalue weighted by Crippen LogP contribution is -2.30. The first kappa shape index (κ1) is 20.0. The van der Waals surface area contributed by atoms with E-state index in [9.17, 15) is 0 Å². The molecular formula is C26H25N5O. The SMILES string of the molecule is Cc1n[nH]c2ccc(-c3cncc(OC[C@@H](N)Cc4ccc(-n5cccc5)cc4)c3)cc12. The fraction of sp³-hybridized carbons (Fsp3) is 0.154. The van der Waals surface area contributed by atoms with Gasteiger partial charge in [-0.1, -0.05) is 18.2 Å². The second-order valence-corrected chi connectivity index (χ2v) is 8.01. The van der Waals surface area contributed by atoms with E-state index in [4.69, 9.17) is 10.5 Å². The van der Waals surface area contributed by atoms with Crippen LogP contribution in [0.4, 0.5) is 0 Å². The lowest BCUT2D eigenvalue weighted by molar-refractivity contribution is 0.286. The molecule has 6 heteroatoms. The summed E-state index contributed by atoms with van der Waals surface area (Å²) in [6.45, 7) is 2.42. The Bertz CT molecular complexity index is 1320. The van der Waals surface area contributed by atoms with Gasteiger partial charge in [-0.3, -0.25) is 10.1 Å². The molecule has 0 bridgehead atoms. The maximum Gasteiger partial charge on any atom is 0.138 e. The Kier molecular flexibility index (Phi) is 5.44. The quantitative estimate of drug-likeness (QED) is 0.398. The van der Waals surface area contributed by atoms with Crippen LogP contribution >= 0.6 is 0 Å². The van der Waals surface area contributed by atoms with Crippen molar-refractivity contribution in [2.75, 3.05) is 6.61 Å². The molecule has 0 spiro atoms. The van der Waals surface area contributed by atoms with Crippen molar-refractivity contribution >= 4 is 10.9 Å². The highest BCUT2D eigenvalue weighted by Gasteiger charge is 2.09. The van der Waals surface area contributed by atoms with Crippen LogP contribution in [0, 0.1) is 6.92 Å². The Morgan fingerprint density at radius 2 is 1.81 bits per heavy atom. The molecule has 5 aromatic rings. The van der Waals surface area contributed by atoms with Gasteiger partial charge in [0, 0.05) is 41.3 Å². The van der Waals surface area contributed by atoms with Crippen LogP contribution in [-0.4, -0.2) is 32.4 Å². The number of hydrogen-bond acceptors (Lipinski definition) is 4. The number of fused-ring (bicyclic) bond motifs is 1. The Labute approximate surface area is 186 Å². The standard InChI is InChI=1S/C26H25N5O/c1-18-25-14-20(6-9-26(25)30-29-18)21-13-24(16-28-15-21)32-17-22(27)12-19-4-7-23(8-5-19)31-10-2-3-11-31/h2-11,13-16,22H,12,17,27H2,1H3,(H,29,30)/t22-/m0/s1. The Morgan fingerprint density at radius 1 is 1.00 bits per heavy atom. The Balaban J connectivity index is 1.22. The van der Waals surface area contributed by atoms with E-state index in [1.54, 1.807) is 6.20 Å². The fourth-order valence-corrected chi connectivity index (χ4v) is 3.86. The smallest absolute Gasteiger partial charge is 0.138 e. The first-order chi connectivity index (χ1) is 15.7. The van der Waals surface area contributed by atoms with Gasteiger partial charge in [0.2, 0.25) is 0 Å². The van der Waals surface area contributed by atoms with Crippen LogP contribution in [0.5, 0.6) is 5.75 Å². The number of rotatable bonds is 7. The summed E-state index contributed by atoms with van der Waals surface area (Å²) in [7, 11) is 0. The van der Waals surface area contributed by atoms with Gasteiger partial charge in [-0.05, 0) is 66.9 Å². The minimum Gasteiger partial charge on any atom is -0.490 e.